The van der Waals surface area contributed by atoms with Crippen molar-refractivity contribution in [3.05, 3.63) is 125 Å². The van der Waals surface area contributed by atoms with E-state index in [0.717, 1.165) is 44.3 Å². The zero-order valence-corrected chi connectivity index (χ0v) is 26.0. The minimum atomic E-state index is -1.54. The lowest BCUT2D eigenvalue weighted by Crippen LogP contribution is -2.31. The van der Waals surface area contributed by atoms with E-state index in [1.54, 1.807) is 0 Å². The molecule has 214 valence electrons. The number of furan rings is 1. The van der Waals surface area contributed by atoms with Gasteiger partial charge >= 0.3 is 0 Å². The second kappa shape index (κ2) is 10.5. The van der Waals surface area contributed by atoms with Crippen LogP contribution in [0.1, 0.15) is 65.2 Å². The van der Waals surface area contributed by atoms with Crippen LogP contribution in [0.15, 0.2) is 102 Å². The Bertz CT molecular complexity index is 2110. The molecule has 6 rings (SSSR count). The van der Waals surface area contributed by atoms with Gasteiger partial charge in [0.05, 0.1) is 17.2 Å². The van der Waals surface area contributed by atoms with Crippen molar-refractivity contribution in [3.8, 4) is 28.5 Å². The average Bonchev–Trinajstić information content (AvgIpc) is 3.39. The smallest absolute Gasteiger partial charge is 0.216 e. The molecule has 2 heterocycles. The van der Waals surface area contributed by atoms with Gasteiger partial charge in [-0.05, 0) is 58.7 Å². The molecule has 3 heteroatoms. The molecule has 0 fully saturated rings. The first-order valence-corrected chi connectivity index (χ1v) is 14.8. The Morgan fingerprint density at radius 1 is 0.791 bits per heavy atom. The van der Waals surface area contributed by atoms with Crippen molar-refractivity contribution in [2.45, 2.75) is 53.3 Å². The SMILES string of the molecule is [2H]C([2H])(c1cc[n+](C)c(-c2c(C)ccc3c2oc2c(-c4ccc(C(C)(C)c5ccccc5)cc4)c(C#N)ccc23)c1)C(C)(C)C. The molecule has 0 saturated heterocycles. The minimum Gasteiger partial charge on any atom is -0.454 e. The summed E-state index contributed by atoms with van der Waals surface area (Å²) in [5.74, 6) is 0. The van der Waals surface area contributed by atoms with Crippen LogP contribution in [0.5, 0.6) is 0 Å². The van der Waals surface area contributed by atoms with Crippen LogP contribution < -0.4 is 4.57 Å². The number of rotatable bonds is 5. The molecule has 0 bridgehead atoms. The highest BCUT2D eigenvalue weighted by molar-refractivity contribution is 6.14. The summed E-state index contributed by atoms with van der Waals surface area (Å²) in [6.07, 6.45) is 0.384. The maximum atomic E-state index is 10.2. The first-order valence-electron chi connectivity index (χ1n) is 15.8. The second-order valence-electron chi connectivity index (χ2n) is 13.1. The molecule has 0 N–H and O–H groups in total. The Morgan fingerprint density at radius 3 is 2.07 bits per heavy atom. The number of nitriles is 1. The lowest BCUT2D eigenvalue weighted by atomic mass is 9.78. The maximum absolute atomic E-state index is 10.2. The van der Waals surface area contributed by atoms with E-state index in [1.807, 2.05) is 68.9 Å². The van der Waals surface area contributed by atoms with Crippen LogP contribution in [0.4, 0.5) is 0 Å². The molecule has 3 nitrogen and oxygen atoms in total. The molecule has 0 saturated carbocycles. The summed E-state index contributed by atoms with van der Waals surface area (Å²) >= 11 is 0. The fraction of sp³-hybridized carbons (Fsp3) is 0.250. The Kier molecular flexibility index (Phi) is 6.37. The van der Waals surface area contributed by atoms with Gasteiger partial charge in [0, 0.05) is 36.6 Å². The lowest BCUT2D eigenvalue weighted by Gasteiger charge is -2.26. The summed E-state index contributed by atoms with van der Waals surface area (Å²) < 4.78 is 26.7. The largest absolute Gasteiger partial charge is 0.454 e. The van der Waals surface area contributed by atoms with Crippen molar-refractivity contribution < 1.29 is 11.7 Å². The number of benzene rings is 4. The molecule has 0 aliphatic carbocycles. The van der Waals surface area contributed by atoms with E-state index in [4.69, 9.17) is 7.16 Å². The fourth-order valence-corrected chi connectivity index (χ4v) is 6.10. The van der Waals surface area contributed by atoms with E-state index in [1.165, 1.54) is 11.1 Å². The van der Waals surface area contributed by atoms with Gasteiger partial charge in [-0.3, -0.25) is 0 Å². The molecule has 0 aliphatic rings. The van der Waals surface area contributed by atoms with Gasteiger partial charge in [-0.1, -0.05) is 101 Å². The Balaban J connectivity index is 1.55. The van der Waals surface area contributed by atoms with Crippen LogP contribution in [-0.4, -0.2) is 0 Å². The molecular formula is C40H39N2O+. The van der Waals surface area contributed by atoms with Gasteiger partial charge in [-0.2, -0.15) is 5.26 Å². The van der Waals surface area contributed by atoms with E-state index >= 15 is 0 Å². The average molecular weight is 566 g/mol. The molecule has 43 heavy (non-hydrogen) atoms. The number of hydrogen-bond acceptors (Lipinski definition) is 2. The van der Waals surface area contributed by atoms with Crippen LogP contribution in [0, 0.1) is 23.7 Å². The zero-order valence-electron chi connectivity index (χ0n) is 28.0. The standard InChI is InChI=1S/C40H39N2O/c1-26-13-19-32-33-20-16-29(25-41)36(28-14-17-31(18-15-28)40(5,6)30-11-9-8-10-12-30)38(33)43-37(32)35(26)34-23-27(21-22-42(34)7)24-39(2,3)4/h8-23H,24H2,1-7H3/q+1/i24D2. The summed E-state index contributed by atoms with van der Waals surface area (Å²) in [7, 11) is 1.98. The van der Waals surface area contributed by atoms with Gasteiger partial charge in [0.1, 0.15) is 18.2 Å². The number of pyridine rings is 1. The summed E-state index contributed by atoms with van der Waals surface area (Å²) in [5.41, 5.74) is 8.78. The summed E-state index contributed by atoms with van der Waals surface area (Å²) in [6.45, 7) is 12.3. The van der Waals surface area contributed by atoms with Crippen LogP contribution >= 0.6 is 0 Å². The molecule has 4 aromatic carbocycles. The van der Waals surface area contributed by atoms with Crippen LogP contribution in [0.2, 0.25) is 0 Å². The van der Waals surface area contributed by atoms with E-state index < -0.39 is 11.8 Å². The van der Waals surface area contributed by atoms with E-state index in [2.05, 4.69) is 87.5 Å². The number of aromatic nitrogens is 1. The van der Waals surface area contributed by atoms with Gasteiger partial charge in [-0.15, -0.1) is 0 Å². The Labute approximate surface area is 257 Å². The van der Waals surface area contributed by atoms with Gasteiger partial charge in [0.2, 0.25) is 5.69 Å². The van der Waals surface area contributed by atoms with Gasteiger partial charge in [-0.25, -0.2) is 4.57 Å². The molecule has 0 atom stereocenters. The van der Waals surface area contributed by atoms with Gasteiger partial charge in [0.25, 0.3) is 0 Å². The molecule has 0 radical (unpaired) electrons. The monoisotopic (exact) mass is 565 g/mol. The first-order chi connectivity index (χ1) is 21.3. The topological polar surface area (TPSA) is 40.8 Å². The van der Waals surface area contributed by atoms with E-state index in [0.29, 0.717) is 16.7 Å². The Morgan fingerprint density at radius 2 is 1.42 bits per heavy atom. The minimum absolute atomic E-state index is 0.178. The number of aryl methyl sites for hydroxylation is 2. The van der Waals surface area contributed by atoms with Crippen molar-refractivity contribution in [2.24, 2.45) is 12.5 Å². The quantitative estimate of drug-likeness (QED) is 0.195. The van der Waals surface area contributed by atoms with Crippen molar-refractivity contribution in [1.29, 1.82) is 5.26 Å². The number of nitrogens with zero attached hydrogens (tertiary/aromatic N) is 2. The predicted octanol–water partition coefficient (Wildman–Crippen LogP) is 9.84. The van der Waals surface area contributed by atoms with Crippen molar-refractivity contribution in [1.82, 2.24) is 0 Å². The molecule has 0 unspecified atom stereocenters. The summed E-state index contributed by atoms with van der Waals surface area (Å²) in [6, 6.07) is 33.2. The first kappa shape index (κ1) is 26.0. The molecule has 0 amide bonds. The Hall–Kier alpha value is -4.68. The van der Waals surface area contributed by atoms with Crippen LogP contribution in [0.25, 0.3) is 44.3 Å². The second-order valence-corrected chi connectivity index (χ2v) is 13.1. The maximum Gasteiger partial charge on any atom is 0.216 e. The number of fused-ring (bicyclic) bond motifs is 3. The highest BCUT2D eigenvalue weighted by Crippen LogP contribution is 2.42. The number of hydrogen-bond donors (Lipinski definition) is 0. The molecular weight excluding hydrogens is 524 g/mol. The van der Waals surface area contributed by atoms with Crippen molar-refractivity contribution in [2.75, 3.05) is 0 Å². The lowest BCUT2D eigenvalue weighted by molar-refractivity contribution is -0.660. The predicted molar refractivity (Wildman–Crippen MR) is 177 cm³/mol. The van der Waals surface area contributed by atoms with Crippen LogP contribution in [0.3, 0.4) is 0 Å². The third-order valence-corrected chi connectivity index (χ3v) is 8.45. The molecule has 0 spiro atoms. The summed E-state index contributed by atoms with van der Waals surface area (Å²) in [5, 5.41) is 12.1. The highest BCUT2D eigenvalue weighted by atomic mass is 16.3. The highest BCUT2D eigenvalue weighted by Gasteiger charge is 2.26. The van der Waals surface area contributed by atoms with E-state index in [-0.39, 0.29) is 5.41 Å². The molecule has 6 aromatic rings. The van der Waals surface area contributed by atoms with Gasteiger partial charge < -0.3 is 4.42 Å². The third-order valence-electron chi connectivity index (χ3n) is 8.45. The van der Waals surface area contributed by atoms with E-state index in [9.17, 15) is 5.26 Å². The van der Waals surface area contributed by atoms with Gasteiger partial charge in [0.15, 0.2) is 6.20 Å². The normalized spacial score (nSPS) is 13.2. The fourth-order valence-electron chi connectivity index (χ4n) is 6.10. The zero-order chi connectivity index (χ0) is 32.3. The van der Waals surface area contributed by atoms with Crippen molar-refractivity contribution >= 4 is 21.9 Å². The third kappa shape index (κ3) is 5.12. The van der Waals surface area contributed by atoms with Crippen LogP contribution in [-0.2, 0) is 18.8 Å². The molecule has 2 aromatic heterocycles. The molecule has 0 aliphatic heterocycles. The summed E-state index contributed by atoms with van der Waals surface area (Å²) in [4.78, 5) is 0. The van der Waals surface area contributed by atoms with Crippen molar-refractivity contribution in [3.63, 3.8) is 0 Å².